The first-order valence-corrected chi connectivity index (χ1v) is 7.84. The van der Waals surface area contributed by atoms with Crippen molar-refractivity contribution in [1.29, 1.82) is 0 Å². The van der Waals surface area contributed by atoms with Gasteiger partial charge in [0.05, 0.1) is 32.3 Å². The van der Waals surface area contributed by atoms with Gasteiger partial charge in [-0.05, 0) is 31.6 Å². The number of carbonyl (C=O) groups is 2. The molecule has 1 aromatic carbocycles. The maximum absolute atomic E-state index is 12.6. The van der Waals surface area contributed by atoms with E-state index in [-0.39, 0.29) is 5.57 Å². The normalized spacial score (nSPS) is 23.9. The standard InChI is InChI=1S/C19H20O6/c1-10-8-12(17(20)23-4)15(18(21)24-5)19(2)13-7-6-11(22-3)9-14(13)25-16(10)19/h6-9,15H,1-5H3. The molecule has 0 saturated carbocycles. The molecule has 0 radical (unpaired) electrons. The Bertz CT molecular complexity index is 819. The van der Waals surface area contributed by atoms with Crippen LogP contribution in [-0.4, -0.2) is 33.3 Å². The van der Waals surface area contributed by atoms with Crippen LogP contribution in [0, 0.1) is 5.92 Å². The van der Waals surface area contributed by atoms with E-state index in [1.54, 1.807) is 25.3 Å². The molecule has 0 bridgehead atoms. The zero-order valence-corrected chi connectivity index (χ0v) is 14.8. The first kappa shape index (κ1) is 17.1. The molecule has 0 saturated heterocycles. The van der Waals surface area contributed by atoms with Gasteiger partial charge in [0.15, 0.2) is 0 Å². The van der Waals surface area contributed by atoms with Crippen molar-refractivity contribution in [1.82, 2.24) is 0 Å². The smallest absolute Gasteiger partial charge is 0.334 e. The lowest BCUT2D eigenvalue weighted by Gasteiger charge is -2.36. The topological polar surface area (TPSA) is 71.1 Å². The quantitative estimate of drug-likeness (QED) is 0.785. The summed E-state index contributed by atoms with van der Waals surface area (Å²) >= 11 is 0. The summed E-state index contributed by atoms with van der Waals surface area (Å²) in [6, 6.07) is 5.42. The van der Waals surface area contributed by atoms with E-state index in [1.165, 1.54) is 14.2 Å². The van der Waals surface area contributed by atoms with E-state index >= 15 is 0 Å². The molecule has 0 spiro atoms. The second-order valence-corrected chi connectivity index (χ2v) is 6.23. The van der Waals surface area contributed by atoms with Crippen molar-refractivity contribution in [2.24, 2.45) is 5.92 Å². The number of hydrogen-bond acceptors (Lipinski definition) is 6. The van der Waals surface area contributed by atoms with Gasteiger partial charge in [0, 0.05) is 11.6 Å². The molecule has 3 rings (SSSR count). The van der Waals surface area contributed by atoms with Crippen LogP contribution in [0.2, 0.25) is 0 Å². The molecule has 2 unspecified atom stereocenters. The molecule has 0 N–H and O–H groups in total. The minimum Gasteiger partial charge on any atom is -0.497 e. The number of fused-ring (bicyclic) bond motifs is 3. The van der Waals surface area contributed by atoms with E-state index in [2.05, 4.69) is 0 Å². The average Bonchev–Trinajstić information content (AvgIpc) is 2.93. The Kier molecular flexibility index (Phi) is 4.06. The minimum atomic E-state index is -0.864. The highest BCUT2D eigenvalue weighted by Crippen LogP contribution is 2.56. The lowest BCUT2D eigenvalue weighted by molar-refractivity contribution is -0.149. The van der Waals surface area contributed by atoms with Crippen molar-refractivity contribution in [3.63, 3.8) is 0 Å². The van der Waals surface area contributed by atoms with Crippen LogP contribution in [0.3, 0.4) is 0 Å². The Labute approximate surface area is 146 Å². The molecule has 1 aliphatic carbocycles. The Morgan fingerprint density at radius 1 is 1.16 bits per heavy atom. The summed E-state index contributed by atoms with van der Waals surface area (Å²) in [6.45, 7) is 3.72. The van der Waals surface area contributed by atoms with Crippen LogP contribution in [-0.2, 0) is 24.5 Å². The lowest BCUT2D eigenvalue weighted by Crippen LogP contribution is -2.43. The first-order valence-electron chi connectivity index (χ1n) is 7.84. The van der Waals surface area contributed by atoms with Gasteiger partial charge in [0.2, 0.25) is 0 Å². The van der Waals surface area contributed by atoms with Crippen molar-refractivity contribution in [2.75, 3.05) is 21.3 Å². The Hall–Kier alpha value is -2.76. The monoisotopic (exact) mass is 344 g/mol. The fourth-order valence-corrected chi connectivity index (χ4v) is 3.73. The minimum absolute atomic E-state index is 0.255. The molecule has 2 atom stereocenters. The number of ether oxygens (including phenoxy) is 4. The summed E-state index contributed by atoms with van der Waals surface area (Å²) in [4.78, 5) is 24.9. The second kappa shape index (κ2) is 5.95. The van der Waals surface area contributed by atoms with Gasteiger partial charge in [-0.2, -0.15) is 0 Å². The van der Waals surface area contributed by atoms with E-state index in [9.17, 15) is 9.59 Å². The maximum atomic E-state index is 12.6. The number of rotatable bonds is 3. The Morgan fingerprint density at radius 2 is 1.88 bits per heavy atom. The third kappa shape index (κ3) is 2.32. The van der Waals surface area contributed by atoms with Crippen LogP contribution >= 0.6 is 0 Å². The van der Waals surface area contributed by atoms with Gasteiger partial charge in [-0.1, -0.05) is 6.07 Å². The van der Waals surface area contributed by atoms with E-state index in [0.717, 1.165) is 11.1 Å². The van der Waals surface area contributed by atoms with Crippen LogP contribution in [0.15, 0.2) is 41.2 Å². The van der Waals surface area contributed by atoms with Gasteiger partial charge in [-0.15, -0.1) is 0 Å². The van der Waals surface area contributed by atoms with Crippen molar-refractivity contribution in [3.05, 3.63) is 46.7 Å². The van der Waals surface area contributed by atoms with Gasteiger partial charge < -0.3 is 18.9 Å². The fourth-order valence-electron chi connectivity index (χ4n) is 3.73. The van der Waals surface area contributed by atoms with Gasteiger partial charge >= 0.3 is 11.9 Å². The van der Waals surface area contributed by atoms with E-state index in [0.29, 0.717) is 17.3 Å². The highest BCUT2D eigenvalue weighted by Gasteiger charge is 2.56. The average molecular weight is 344 g/mol. The molecule has 0 amide bonds. The van der Waals surface area contributed by atoms with Gasteiger partial charge in [0.25, 0.3) is 0 Å². The molecule has 6 heteroatoms. The molecular formula is C19H20O6. The summed E-state index contributed by atoms with van der Waals surface area (Å²) in [6.07, 6.45) is 1.63. The molecule has 1 aliphatic heterocycles. The van der Waals surface area contributed by atoms with Gasteiger partial charge in [-0.25, -0.2) is 4.79 Å². The van der Waals surface area contributed by atoms with Crippen LogP contribution in [0.5, 0.6) is 11.5 Å². The number of methoxy groups -OCH3 is 3. The largest absolute Gasteiger partial charge is 0.497 e. The van der Waals surface area contributed by atoms with E-state index in [4.69, 9.17) is 18.9 Å². The van der Waals surface area contributed by atoms with Crippen molar-refractivity contribution < 1.29 is 28.5 Å². The van der Waals surface area contributed by atoms with Gasteiger partial charge in [0.1, 0.15) is 23.2 Å². The SMILES string of the molecule is COC(=O)C1=CC(C)=C2Oc3cc(OC)ccc3C2(C)C1C(=O)OC. The van der Waals surface area contributed by atoms with E-state index < -0.39 is 23.3 Å². The van der Waals surface area contributed by atoms with Crippen LogP contribution < -0.4 is 9.47 Å². The summed E-state index contributed by atoms with van der Waals surface area (Å²) in [5, 5.41) is 0. The van der Waals surface area contributed by atoms with E-state index in [1.807, 2.05) is 19.9 Å². The molecule has 132 valence electrons. The summed E-state index contributed by atoms with van der Waals surface area (Å²) in [5.41, 5.74) is 0.952. The molecule has 6 nitrogen and oxygen atoms in total. The molecule has 25 heavy (non-hydrogen) atoms. The molecule has 1 aromatic rings. The molecule has 0 fully saturated rings. The summed E-state index contributed by atoms with van der Waals surface area (Å²) in [5.74, 6) is -0.0647. The van der Waals surface area contributed by atoms with Crippen molar-refractivity contribution in [3.8, 4) is 11.5 Å². The highest BCUT2D eigenvalue weighted by molar-refractivity contribution is 5.98. The number of allylic oxidation sites excluding steroid dienone is 3. The number of hydrogen-bond donors (Lipinski definition) is 0. The predicted molar refractivity (Wildman–Crippen MR) is 89.3 cm³/mol. The highest BCUT2D eigenvalue weighted by atomic mass is 16.5. The number of carbonyl (C=O) groups excluding carboxylic acids is 2. The van der Waals surface area contributed by atoms with Crippen molar-refractivity contribution >= 4 is 11.9 Å². The molecule has 2 aliphatic rings. The third-order valence-corrected chi connectivity index (χ3v) is 4.91. The Balaban J connectivity index is 2.25. The number of benzene rings is 1. The second-order valence-electron chi connectivity index (χ2n) is 6.23. The maximum Gasteiger partial charge on any atom is 0.334 e. The summed E-state index contributed by atoms with van der Waals surface area (Å²) < 4.78 is 21.2. The third-order valence-electron chi connectivity index (χ3n) is 4.91. The summed E-state index contributed by atoms with van der Waals surface area (Å²) in [7, 11) is 4.17. The lowest BCUT2D eigenvalue weighted by atomic mass is 9.64. The zero-order chi connectivity index (χ0) is 18.4. The van der Waals surface area contributed by atoms with Crippen molar-refractivity contribution in [2.45, 2.75) is 19.3 Å². The number of esters is 2. The molecular weight excluding hydrogens is 324 g/mol. The first-order chi connectivity index (χ1) is 11.9. The van der Waals surface area contributed by atoms with Crippen LogP contribution in [0.4, 0.5) is 0 Å². The predicted octanol–water partition coefficient (Wildman–Crippen LogP) is 2.52. The fraction of sp³-hybridized carbons (Fsp3) is 0.368. The van der Waals surface area contributed by atoms with Gasteiger partial charge in [-0.3, -0.25) is 4.79 Å². The Morgan fingerprint density at radius 3 is 2.48 bits per heavy atom. The van der Waals surface area contributed by atoms with Crippen LogP contribution in [0.25, 0.3) is 0 Å². The van der Waals surface area contributed by atoms with Crippen LogP contribution in [0.1, 0.15) is 19.4 Å². The molecule has 0 aromatic heterocycles. The molecule has 1 heterocycles. The zero-order valence-electron chi connectivity index (χ0n) is 14.8.